The fourth-order valence-electron chi connectivity index (χ4n) is 0.971. The molecule has 0 heterocycles. The Balaban J connectivity index is 4.37. The average molecular weight is 201 g/mol. The summed E-state index contributed by atoms with van der Waals surface area (Å²) >= 11 is 0. The molecule has 82 valence electrons. The first-order chi connectivity index (χ1) is 6.28. The van der Waals surface area contributed by atoms with E-state index >= 15 is 0 Å². The molecule has 0 spiro atoms. The van der Waals surface area contributed by atoms with E-state index in [0.29, 0.717) is 6.41 Å². The van der Waals surface area contributed by atoms with Gasteiger partial charge in [0.1, 0.15) is 11.6 Å². The molecule has 4 heteroatoms. The third-order valence-electron chi connectivity index (χ3n) is 1.57. The number of hydrogen-bond donors (Lipinski definition) is 1. The van der Waals surface area contributed by atoms with Crippen LogP contribution in [-0.4, -0.2) is 24.0 Å². The molecule has 0 saturated carbocycles. The van der Waals surface area contributed by atoms with E-state index in [9.17, 15) is 9.59 Å². The second-order valence-electron chi connectivity index (χ2n) is 4.54. The summed E-state index contributed by atoms with van der Waals surface area (Å²) < 4.78 is 5.15. The fourth-order valence-corrected chi connectivity index (χ4v) is 0.971. The van der Waals surface area contributed by atoms with Gasteiger partial charge in [0, 0.05) is 0 Å². The maximum atomic E-state index is 11.5. The smallest absolute Gasteiger partial charge is 0.329 e. The van der Waals surface area contributed by atoms with Crippen molar-refractivity contribution >= 4 is 12.4 Å². The Morgan fingerprint density at radius 3 is 2.14 bits per heavy atom. The molecule has 4 nitrogen and oxygen atoms in total. The Labute approximate surface area is 85.0 Å². The normalized spacial score (nSPS) is 13.6. The summed E-state index contributed by atoms with van der Waals surface area (Å²) in [7, 11) is 0. The second kappa shape index (κ2) is 4.98. The molecule has 0 unspecified atom stereocenters. The van der Waals surface area contributed by atoms with Gasteiger partial charge >= 0.3 is 5.97 Å². The van der Waals surface area contributed by atoms with Crippen LogP contribution >= 0.6 is 0 Å². The first-order valence-corrected chi connectivity index (χ1v) is 4.70. The number of amides is 1. The van der Waals surface area contributed by atoms with E-state index < -0.39 is 11.6 Å². The topological polar surface area (TPSA) is 55.4 Å². The van der Waals surface area contributed by atoms with Crippen LogP contribution in [-0.2, 0) is 14.3 Å². The van der Waals surface area contributed by atoms with Crippen molar-refractivity contribution in [2.45, 2.75) is 46.3 Å². The van der Waals surface area contributed by atoms with Gasteiger partial charge in [-0.2, -0.15) is 0 Å². The van der Waals surface area contributed by atoms with Gasteiger partial charge in [0.15, 0.2) is 0 Å². The van der Waals surface area contributed by atoms with Gasteiger partial charge in [0.05, 0.1) is 0 Å². The Morgan fingerprint density at radius 1 is 1.36 bits per heavy atom. The van der Waals surface area contributed by atoms with Gasteiger partial charge in [-0.15, -0.1) is 0 Å². The zero-order valence-electron chi connectivity index (χ0n) is 9.46. The van der Waals surface area contributed by atoms with Gasteiger partial charge in [-0.3, -0.25) is 4.79 Å². The zero-order valence-corrected chi connectivity index (χ0v) is 9.46. The molecule has 0 aliphatic rings. The molecule has 0 aliphatic heterocycles. The summed E-state index contributed by atoms with van der Waals surface area (Å²) in [5.74, 6) is -0.366. The summed E-state index contributed by atoms with van der Waals surface area (Å²) in [5, 5.41) is 2.45. The Morgan fingerprint density at radius 2 is 1.86 bits per heavy atom. The van der Waals surface area contributed by atoms with Gasteiger partial charge in [0.25, 0.3) is 0 Å². The molecule has 0 radical (unpaired) electrons. The van der Waals surface area contributed by atoms with Crippen LogP contribution in [0.2, 0.25) is 0 Å². The first-order valence-electron chi connectivity index (χ1n) is 4.70. The molecule has 0 aromatic heterocycles. The number of carbonyl (C=O) groups is 2. The molecule has 0 saturated heterocycles. The van der Waals surface area contributed by atoms with Crippen molar-refractivity contribution in [3.8, 4) is 0 Å². The SMILES string of the molecule is CC(C)[C@@H](NC=O)C(=O)OC(C)(C)C. The van der Waals surface area contributed by atoms with Crippen molar-refractivity contribution in [3.05, 3.63) is 0 Å². The number of hydrogen-bond acceptors (Lipinski definition) is 3. The first kappa shape index (κ1) is 12.9. The highest BCUT2D eigenvalue weighted by Gasteiger charge is 2.26. The molecule has 0 aromatic rings. The molecule has 0 rings (SSSR count). The monoisotopic (exact) mass is 201 g/mol. The Hall–Kier alpha value is -1.06. The largest absolute Gasteiger partial charge is 0.458 e. The predicted octanol–water partition coefficient (Wildman–Crippen LogP) is 1.10. The van der Waals surface area contributed by atoms with Crippen LogP contribution in [0.5, 0.6) is 0 Å². The molecular weight excluding hydrogens is 182 g/mol. The van der Waals surface area contributed by atoms with Gasteiger partial charge in [0.2, 0.25) is 6.41 Å². The number of esters is 1. The van der Waals surface area contributed by atoms with E-state index in [1.165, 1.54) is 0 Å². The van der Waals surface area contributed by atoms with E-state index in [2.05, 4.69) is 5.32 Å². The average Bonchev–Trinajstić information content (AvgIpc) is 1.95. The van der Waals surface area contributed by atoms with Crippen molar-refractivity contribution in [2.24, 2.45) is 5.92 Å². The van der Waals surface area contributed by atoms with E-state index in [0.717, 1.165) is 0 Å². The van der Waals surface area contributed by atoms with Crippen molar-refractivity contribution < 1.29 is 14.3 Å². The van der Waals surface area contributed by atoms with Crippen molar-refractivity contribution in [3.63, 3.8) is 0 Å². The highest BCUT2D eigenvalue weighted by atomic mass is 16.6. The molecular formula is C10H19NO3. The minimum absolute atomic E-state index is 0.0232. The third-order valence-corrected chi connectivity index (χ3v) is 1.57. The maximum Gasteiger partial charge on any atom is 0.329 e. The van der Waals surface area contributed by atoms with Gasteiger partial charge in [-0.05, 0) is 26.7 Å². The zero-order chi connectivity index (χ0) is 11.4. The van der Waals surface area contributed by atoms with Crippen LogP contribution in [0.25, 0.3) is 0 Å². The van der Waals surface area contributed by atoms with Crippen LogP contribution in [0.1, 0.15) is 34.6 Å². The van der Waals surface area contributed by atoms with E-state index in [1.807, 2.05) is 13.8 Å². The molecule has 0 bridgehead atoms. The Kier molecular flexibility index (Phi) is 4.60. The number of rotatable bonds is 4. The Bertz CT molecular complexity index is 206. The third kappa shape index (κ3) is 4.84. The minimum atomic E-state index is -0.563. The van der Waals surface area contributed by atoms with E-state index in [4.69, 9.17) is 4.74 Å². The molecule has 1 amide bonds. The number of nitrogens with one attached hydrogen (secondary N) is 1. The molecule has 0 fully saturated rings. The van der Waals surface area contributed by atoms with Gasteiger partial charge < -0.3 is 10.1 Å². The van der Waals surface area contributed by atoms with Crippen LogP contribution in [0.3, 0.4) is 0 Å². The van der Waals surface area contributed by atoms with Gasteiger partial charge in [-0.1, -0.05) is 13.8 Å². The minimum Gasteiger partial charge on any atom is -0.458 e. The molecule has 0 aliphatic carbocycles. The molecule has 0 aromatic carbocycles. The lowest BCUT2D eigenvalue weighted by atomic mass is 10.0. The van der Waals surface area contributed by atoms with E-state index in [1.54, 1.807) is 20.8 Å². The highest BCUT2D eigenvalue weighted by molar-refractivity contribution is 5.78. The molecule has 1 atom stereocenters. The van der Waals surface area contributed by atoms with Crippen molar-refractivity contribution in [1.82, 2.24) is 5.32 Å². The second-order valence-corrected chi connectivity index (χ2v) is 4.54. The van der Waals surface area contributed by atoms with Crippen LogP contribution in [0.4, 0.5) is 0 Å². The fraction of sp³-hybridized carbons (Fsp3) is 0.800. The van der Waals surface area contributed by atoms with E-state index in [-0.39, 0.29) is 11.9 Å². The van der Waals surface area contributed by atoms with Gasteiger partial charge in [-0.25, -0.2) is 4.79 Å². The van der Waals surface area contributed by atoms with Crippen molar-refractivity contribution in [2.75, 3.05) is 0 Å². The lowest BCUT2D eigenvalue weighted by Crippen LogP contribution is -2.44. The summed E-state index contributed by atoms with van der Waals surface area (Å²) in [4.78, 5) is 21.8. The lowest BCUT2D eigenvalue weighted by Gasteiger charge is -2.25. The quantitative estimate of drug-likeness (QED) is 0.547. The lowest BCUT2D eigenvalue weighted by molar-refractivity contribution is -0.159. The number of carbonyl (C=O) groups excluding carboxylic acids is 2. The molecule has 1 N–H and O–H groups in total. The number of ether oxygens (including phenoxy) is 1. The van der Waals surface area contributed by atoms with Crippen LogP contribution in [0, 0.1) is 5.92 Å². The highest BCUT2D eigenvalue weighted by Crippen LogP contribution is 2.11. The van der Waals surface area contributed by atoms with Crippen LogP contribution in [0.15, 0.2) is 0 Å². The summed E-state index contributed by atoms with van der Waals surface area (Å²) in [6.45, 7) is 9.09. The maximum absolute atomic E-state index is 11.5. The summed E-state index contributed by atoms with van der Waals surface area (Å²) in [5.41, 5.74) is -0.519. The predicted molar refractivity (Wildman–Crippen MR) is 53.7 cm³/mol. The standard InChI is InChI=1S/C10H19NO3/c1-7(2)8(11-6-12)9(13)14-10(3,4)5/h6-8H,1-5H3,(H,11,12)/t8-/m1/s1. The van der Waals surface area contributed by atoms with Crippen molar-refractivity contribution in [1.29, 1.82) is 0 Å². The molecule has 14 heavy (non-hydrogen) atoms. The summed E-state index contributed by atoms with van der Waals surface area (Å²) in [6.07, 6.45) is 0.522. The summed E-state index contributed by atoms with van der Waals surface area (Å²) in [6, 6.07) is -0.563. The van der Waals surface area contributed by atoms with Crippen LogP contribution < -0.4 is 5.32 Å².